The number of primary amides is 1. The zero-order chi connectivity index (χ0) is 13.5. The molecule has 0 aromatic rings. The van der Waals surface area contributed by atoms with E-state index in [0.717, 1.165) is 25.8 Å². The Kier molecular flexibility index (Phi) is 7.39. The number of amides is 1. The fourth-order valence-corrected chi connectivity index (χ4v) is 2.16. The van der Waals surface area contributed by atoms with Gasteiger partial charge in [0.25, 0.3) is 0 Å². The lowest BCUT2D eigenvalue weighted by atomic mass is 9.99. The molecule has 0 aliphatic rings. The summed E-state index contributed by atoms with van der Waals surface area (Å²) in [6.45, 7) is 9.80. The molecule has 102 valence electrons. The fourth-order valence-electron chi connectivity index (χ4n) is 2.16. The lowest BCUT2D eigenvalue weighted by molar-refractivity contribution is -0.124. The number of rotatable bonds is 9. The number of hydrogen-bond donors (Lipinski definition) is 2. The number of nitrogens with two attached hydrogens (primary N) is 1. The summed E-state index contributed by atoms with van der Waals surface area (Å²) in [6, 6.07) is 0.511. The standard InChI is InChI=1S/C13H29N3O/c1-6-9-15-13(4,12(14)17)10-16(5)11(7-2)8-3/h11,15H,6-10H2,1-5H3,(H2,14,17). The first-order valence-corrected chi connectivity index (χ1v) is 6.66. The fraction of sp³-hybridized carbons (Fsp3) is 0.923. The lowest BCUT2D eigenvalue weighted by Gasteiger charge is -2.35. The molecule has 0 spiro atoms. The Morgan fingerprint density at radius 1 is 1.35 bits per heavy atom. The Balaban J connectivity index is 4.57. The van der Waals surface area contributed by atoms with Gasteiger partial charge in [-0.3, -0.25) is 4.79 Å². The van der Waals surface area contributed by atoms with E-state index in [0.29, 0.717) is 12.6 Å². The molecule has 0 aliphatic carbocycles. The molecule has 1 amide bonds. The zero-order valence-corrected chi connectivity index (χ0v) is 12.0. The monoisotopic (exact) mass is 243 g/mol. The molecule has 0 saturated heterocycles. The maximum atomic E-state index is 11.6. The van der Waals surface area contributed by atoms with Crippen molar-refractivity contribution < 1.29 is 4.79 Å². The van der Waals surface area contributed by atoms with Gasteiger partial charge in [-0.15, -0.1) is 0 Å². The Labute approximate surface area is 106 Å². The van der Waals surface area contributed by atoms with Crippen LogP contribution in [0.25, 0.3) is 0 Å². The third-order valence-corrected chi connectivity index (χ3v) is 3.44. The molecule has 0 aliphatic heterocycles. The van der Waals surface area contributed by atoms with E-state index in [1.165, 1.54) is 0 Å². The van der Waals surface area contributed by atoms with Crippen LogP contribution < -0.4 is 11.1 Å². The highest BCUT2D eigenvalue weighted by Gasteiger charge is 2.32. The van der Waals surface area contributed by atoms with E-state index in [9.17, 15) is 4.79 Å². The highest BCUT2D eigenvalue weighted by atomic mass is 16.1. The van der Waals surface area contributed by atoms with Crippen LogP contribution in [0.1, 0.15) is 47.0 Å². The second kappa shape index (κ2) is 7.67. The molecule has 0 heterocycles. The lowest BCUT2D eigenvalue weighted by Crippen LogP contribution is -2.60. The van der Waals surface area contributed by atoms with Crippen LogP contribution in [0.5, 0.6) is 0 Å². The van der Waals surface area contributed by atoms with Gasteiger partial charge >= 0.3 is 0 Å². The molecule has 0 aromatic carbocycles. The quantitative estimate of drug-likeness (QED) is 0.643. The molecule has 3 N–H and O–H groups in total. The minimum Gasteiger partial charge on any atom is -0.368 e. The van der Waals surface area contributed by atoms with E-state index in [1.54, 1.807) is 0 Å². The SMILES string of the molecule is CCCNC(C)(CN(C)C(CC)CC)C(N)=O. The maximum Gasteiger partial charge on any atom is 0.238 e. The van der Waals surface area contributed by atoms with Crippen molar-refractivity contribution in [2.75, 3.05) is 20.1 Å². The molecule has 0 fully saturated rings. The van der Waals surface area contributed by atoms with Gasteiger partial charge in [0.05, 0.1) is 0 Å². The summed E-state index contributed by atoms with van der Waals surface area (Å²) in [5.41, 5.74) is 4.88. The second-order valence-electron chi connectivity index (χ2n) is 5.01. The van der Waals surface area contributed by atoms with Crippen molar-refractivity contribution >= 4 is 5.91 Å². The summed E-state index contributed by atoms with van der Waals surface area (Å²) < 4.78 is 0. The molecule has 0 bridgehead atoms. The summed E-state index contributed by atoms with van der Waals surface area (Å²) >= 11 is 0. The average molecular weight is 243 g/mol. The molecular weight excluding hydrogens is 214 g/mol. The smallest absolute Gasteiger partial charge is 0.238 e. The number of likely N-dealkylation sites (N-methyl/N-ethyl adjacent to an activating group) is 1. The summed E-state index contributed by atoms with van der Waals surface area (Å²) in [5.74, 6) is -0.274. The summed E-state index contributed by atoms with van der Waals surface area (Å²) in [4.78, 5) is 13.8. The summed E-state index contributed by atoms with van der Waals surface area (Å²) in [6.07, 6.45) is 3.18. The summed E-state index contributed by atoms with van der Waals surface area (Å²) in [7, 11) is 2.06. The molecule has 17 heavy (non-hydrogen) atoms. The molecule has 4 nitrogen and oxygen atoms in total. The molecule has 4 heteroatoms. The van der Waals surface area contributed by atoms with Gasteiger partial charge in [-0.05, 0) is 39.8 Å². The van der Waals surface area contributed by atoms with Gasteiger partial charge in [-0.2, -0.15) is 0 Å². The predicted molar refractivity (Wildman–Crippen MR) is 72.9 cm³/mol. The van der Waals surface area contributed by atoms with E-state index in [-0.39, 0.29) is 5.91 Å². The van der Waals surface area contributed by atoms with Gasteiger partial charge in [-0.25, -0.2) is 0 Å². The molecule has 0 radical (unpaired) electrons. The third kappa shape index (κ3) is 5.04. The Morgan fingerprint density at radius 2 is 1.88 bits per heavy atom. The Morgan fingerprint density at radius 3 is 2.24 bits per heavy atom. The number of carbonyl (C=O) groups excluding carboxylic acids is 1. The molecule has 1 unspecified atom stereocenters. The molecule has 1 atom stereocenters. The van der Waals surface area contributed by atoms with Crippen molar-refractivity contribution in [3.05, 3.63) is 0 Å². The second-order valence-corrected chi connectivity index (χ2v) is 5.01. The molecule has 0 saturated carbocycles. The van der Waals surface area contributed by atoms with E-state index >= 15 is 0 Å². The van der Waals surface area contributed by atoms with E-state index < -0.39 is 5.54 Å². The van der Waals surface area contributed by atoms with Crippen molar-refractivity contribution in [1.82, 2.24) is 10.2 Å². The largest absolute Gasteiger partial charge is 0.368 e. The van der Waals surface area contributed by atoms with Gasteiger partial charge in [0, 0.05) is 12.6 Å². The number of hydrogen-bond acceptors (Lipinski definition) is 3. The van der Waals surface area contributed by atoms with Crippen molar-refractivity contribution in [2.45, 2.75) is 58.5 Å². The van der Waals surface area contributed by atoms with Gasteiger partial charge in [0.1, 0.15) is 5.54 Å². The van der Waals surface area contributed by atoms with Crippen molar-refractivity contribution in [2.24, 2.45) is 5.73 Å². The van der Waals surface area contributed by atoms with Crippen LogP contribution in [0.3, 0.4) is 0 Å². The predicted octanol–water partition coefficient (Wildman–Crippen LogP) is 1.35. The summed E-state index contributed by atoms with van der Waals surface area (Å²) in [5, 5.41) is 3.26. The van der Waals surface area contributed by atoms with Crippen LogP contribution in [0.15, 0.2) is 0 Å². The highest BCUT2D eigenvalue weighted by Crippen LogP contribution is 2.12. The van der Waals surface area contributed by atoms with Gasteiger partial charge in [0.15, 0.2) is 0 Å². The van der Waals surface area contributed by atoms with Crippen LogP contribution in [0, 0.1) is 0 Å². The van der Waals surface area contributed by atoms with E-state index in [1.807, 2.05) is 6.92 Å². The normalized spacial score (nSPS) is 15.2. The van der Waals surface area contributed by atoms with Gasteiger partial charge < -0.3 is 16.0 Å². The minimum absolute atomic E-state index is 0.274. The Hall–Kier alpha value is -0.610. The average Bonchev–Trinajstić information content (AvgIpc) is 2.27. The number of carbonyl (C=O) groups is 1. The van der Waals surface area contributed by atoms with E-state index in [4.69, 9.17) is 5.73 Å². The van der Waals surface area contributed by atoms with Gasteiger partial charge in [0.2, 0.25) is 5.91 Å². The maximum absolute atomic E-state index is 11.6. The van der Waals surface area contributed by atoms with E-state index in [2.05, 4.69) is 38.0 Å². The number of nitrogens with one attached hydrogen (secondary N) is 1. The zero-order valence-electron chi connectivity index (χ0n) is 12.0. The van der Waals surface area contributed by atoms with Crippen molar-refractivity contribution in [3.8, 4) is 0 Å². The topological polar surface area (TPSA) is 58.4 Å². The van der Waals surface area contributed by atoms with Crippen molar-refractivity contribution in [1.29, 1.82) is 0 Å². The van der Waals surface area contributed by atoms with Crippen LogP contribution in [0.4, 0.5) is 0 Å². The first-order valence-electron chi connectivity index (χ1n) is 6.66. The number of nitrogens with zero attached hydrogens (tertiary/aromatic N) is 1. The van der Waals surface area contributed by atoms with Crippen LogP contribution in [0.2, 0.25) is 0 Å². The minimum atomic E-state index is -0.632. The first-order chi connectivity index (χ1) is 7.91. The molecular formula is C13H29N3O. The van der Waals surface area contributed by atoms with Crippen LogP contribution in [-0.2, 0) is 4.79 Å². The van der Waals surface area contributed by atoms with Crippen molar-refractivity contribution in [3.63, 3.8) is 0 Å². The first kappa shape index (κ1) is 16.4. The molecule has 0 aromatic heterocycles. The van der Waals surface area contributed by atoms with Crippen LogP contribution >= 0.6 is 0 Å². The highest BCUT2D eigenvalue weighted by molar-refractivity contribution is 5.84. The van der Waals surface area contributed by atoms with Crippen LogP contribution in [-0.4, -0.2) is 42.5 Å². The Bertz CT molecular complexity index is 229. The van der Waals surface area contributed by atoms with Gasteiger partial charge in [-0.1, -0.05) is 20.8 Å². The third-order valence-electron chi connectivity index (χ3n) is 3.44. The molecule has 0 rings (SSSR count).